The Hall–Kier alpha value is -4.40. The van der Waals surface area contributed by atoms with Gasteiger partial charge in [0.25, 0.3) is 5.56 Å². The molecule has 0 spiro atoms. The molecule has 5 rings (SSSR count). The van der Waals surface area contributed by atoms with Gasteiger partial charge in [0.2, 0.25) is 11.8 Å². The Morgan fingerprint density at radius 1 is 1.12 bits per heavy atom. The molecule has 4 aromatic rings. The summed E-state index contributed by atoms with van der Waals surface area (Å²) >= 11 is 0. The molecule has 2 aromatic carbocycles. The van der Waals surface area contributed by atoms with Crippen LogP contribution >= 0.6 is 0 Å². The van der Waals surface area contributed by atoms with Crippen LogP contribution in [0.3, 0.4) is 0 Å². The maximum atomic E-state index is 12.8. The largest absolute Gasteiger partial charge is 0.494 e. The molecular formula is C25H23N5O4. The van der Waals surface area contributed by atoms with Gasteiger partial charge in [-0.1, -0.05) is 55.5 Å². The summed E-state index contributed by atoms with van der Waals surface area (Å²) in [7, 11) is 0. The smallest absolute Gasteiger partial charge is 0.331 e. The highest BCUT2D eigenvalue weighted by atomic mass is 16.3. The van der Waals surface area contributed by atoms with Crippen LogP contribution in [0.15, 0.2) is 75.5 Å². The molecule has 1 aliphatic heterocycles. The Bertz CT molecular complexity index is 1530. The minimum Gasteiger partial charge on any atom is -0.494 e. The van der Waals surface area contributed by atoms with Gasteiger partial charge in [0.15, 0.2) is 0 Å². The molecule has 0 aliphatic carbocycles. The predicted octanol–water partition coefficient (Wildman–Crippen LogP) is 2.86. The van der Waals surface area contributed by atoms with Crippen molar-refractivity contribution in [3.8, 4) is 5.88 Å². The number of amides is 1. The second kappa shape index (κ2) is 8.51. The molecule has 0 fully saturated rings. The average molecular weight is 457 g/mol. The molecule has 3 heterocycles. The lowest BCUT2D eigenvalue weighted by Crippen LogP contribution is -2.34. The van der Waals surface area contributed by atoms with E-state index in [2.05, 4.69) is 15.1 Å². The third-order valence-electron chi connectivity index (χ3n) is 6.09. The number of para-hydroxylation sites is 1. The molecular weight excluding hydrogens is 434 g/mol. The molecule has 1 amide bonds. The summed E-state index contributed by atoms with van der Waals surface area (Å²) in [6.45, 7) is 1.82. The van der Waals surface area contributed by atoms with Crippen LogP contribution in [-0.4, -0.2) is 36.3 Å². The molecule has 0 radical (unpaired) electrons. The van der Waals surface area contributed by atoms with Gasteiger partial charge >= 0.3 is 5.69 Å². The number of nitrogens with zero attached hydrogens (tertiary/aromatic N) is 3. The summed E-state index contributed by atoms with van der Waals surface area (Å²) in [5, 5.41) is 17.8. The van der Waals surface area contributed by atoms with Crippen LogP contribution in [0.1, 0.15) is 42.5 Å². The van der Waals surface area contributed by atoms with Crippen molar-refractivity contribution in [3.63, 3.8) is 0 Å². The van der Waals surface area contributed by atoms with Gasteiger partial charge in [0, 0.05) is 35.5 Å². The first-order valence-corrected chi connectivity index (χ1v) is 11.0. The van der Waals surface area contributed by atoms with Crippen molar-refractivity contribution in [1.82, 2.24) is 19.5 Å². The zero-order chi connectivity index (χ0) is 23.8. The van der Waals surface area contributed by atoms with Gasteiger partial charge in [0.1, 0.15) is 5.56 Å². The van der Waals surface area contributed by atoms with E-state index in [0.29, 0.717) is 0 Å². The van der Waals surface area contributed by atoms with Crippen LogP contribution in [0.4, 0.5) is 0 Å². The topological polar surface area (TPSA) is 124 Å². The normalized spacial score (nSPS) is 15.6. The SMILES string of the molecule is CCC(=O)N1N=C(c2c(O)n(Cc3ccccc3)c(=O)[nH]c2=O)CC1c1c[nH]c2ccccc12. The quantitative estimate of drug-likeness (QED) is 0.426. The Kier molecular flexibility index (Phi) is 5.37. The molecule has 1 unspecified atom stereocenters. The molecule has 172 valence electrons. The van der Waals surface area contributed by atoms with Crippen LogP contribution in [0, 0.1) is 0 Å². The fourth-order valence-corrected chi connectivity index (χ4v) is 4.40. The third-order valence-corrected chi connectivity index (χ3v) is 6.09. The monoisotopic (exact) mass is 457 g/mol. The first-order valence-electron chi connectivity index (χ1n) is 11.0. The van der Waals surface area contributed by atoms with Crippen molar-refractivity contribution in [2.45, 2.75) is 32.4 Å². The molecule has 34 heavy (non-hydrogen) atoms. The van der Waals surface area contributed by atoms with E-state index >= 15 is 0 Å². The number of aromatic amines is 2. The summed E-state index contributed by atoms with van der Waals surface area (Å²) in [5.41, 5.74) is 1.25. The number of hydrogen-bond acceptors (Lipinski definition) is 5. The number of benzene rings is 2. The van der Waals surface area contributed by atoms with Gasteiger partial charge in [-0.05, 0) is 11.6 Å². The van der Waals surface area contributed by atoms with E-state index in [1.165, 1.54) is 5.01 Å². The number of carbonyl (C=O) groups excluding carboxylic acids is 1. The highest BCUT2D eigenvalue weighted by molar-refractivity contribution is 6.05. The third kappa shape index (κ3) is 3.61. The Labute approximate surface area is 194 Å². The number of aromatic hydroxyl groups is 1. The zero-order valence-corrected chi connectivity index (χ0v) is 18.5. The van der Waals surface area contributed by atoms with E-state index in [1.54, 1.807) is 6.92 Å². The average Bonchev–Trinajstić information content (AvgIpc) is 3.46. The van der Waals surface area contributed by atoms with E-state index in [1.807, 2.05) is 60.8 Å². The number of fused-ring (bicyclic) bond motifs is 1. The Balaban J connectivity index is 1.59. The highest BCUT2D eigenvalue weighted by Gasteiger charge is 2.36. The van der Waals surface area contributed by atoms with E-state index in [0.717, 1.165) is 26.6 Å². The highest BCUT2D eigenvalue weighted by Crippen LogP contribution is 2.37. The van der Waals surface area contributed by atoms with Crippen molar-refractivity contribution in [2.75, 3.05) is 0 Å². The summed E-state index contributed by atoms with van der Waals surface area (Å²) in [5.74, 6) is -0.682. The fourth-order valence-electron chi connectivity index (χ4n) is 4.40. The van der Waals surface area contributed by atoms with Crippen molar-refractivity contribution >= 4 is 22.5 Å². The second-order valence-corrected chi connectivity index (χ2v) is 8.18. The molecule has 2 aromatic heterocycles. The predicted molar refractivity (Wildman–Crippen MR) is 128 cm³/mol. The maximum absolute atomic E-state index is 12.8. The van der Waals surface area contributed by atoms with E-state index in [4.69, 9.17) is 0 Å². The summed E-state index contributed by atoms with van der Waals surface area (Å²) in [6.07, 6.45) is 2.28. The van der Waals surface area contributed by atoms with E-state index in [-0.39, 0.29) is 36.6 Å². The van der Waals surface area contributed by atoms with Gasteiger partial charge in [-0.2, -0.15) is 5.10 Å². The number of aromatic nitrogens is 3. The second-order valence-electron chi connectivity index (χ2n) is 8.18. The first-order chi connectivity index (χ1) is 16.5. The zero-order valence-electron chi connectivity index (χ0n) is 18.5. The molecule has 1 atom stereocenters. The Morgan fingerprint density at radius 2 is 1.85 bits per heavy atom. The van der Waals surface area contributed by atoms with Crippen molar-refractivity contribution in [3.05, 3.63) is 98.3 Å². The first kappa shape index (κ1) is 21.4. The number of rotatable bonds is 5. The van der Waals surface area contributed by atoms with Gasteiger partial charge in [-0.25, -0.2) is 9.80 Å². The molecule has 9 heteroatoms. The lowest BCUT2D eigenvalue weighted by Gasteiger charge is -2.20. The number of hydrazone groups is 1. The fraction of sp³-hybridized carbons (Fsp3) is 0.200. The Morgan fingerprint density at radius 3 is 2.62 bits per heavy atom. The van der Waals surface area contributed by atoms with Gasteiger partial charge in [-0.15, -0.1) is 0 Å². The molecule has 0 saturated carbocycles. The van der Waals surface area contributed by atoms with E-state index in [9.17, 15) is 19.5 Å². The van der Waals surface area contributed by atoms with Gasteiger partial charge in [0.05, 0.1) is 18.3 Å². The maximum Gasteiger partial charge on any atom is 0.331 e. The van der Waals surface area contributed by atoms with Crippen molar-refractivity contribution < 1.29 is 9.90 Å². The lowest BCUT2D eigenvalue weighted by atomic mass is 9.98. The minimum absolute atomic E-state index is 0.0754. The minimum atomic E-state index is -0.742. The molecule has 3 N–H and O–H groups in total. The molecule has 1 aliphatic rings. The number of carbonyl (C=O) groups is 1. The molecule has 9 nitrogen and oxygen atoms in total. The van der Waals surface area contributed by atoms with Crippen LogP contribution in [-0.2, 0) is 11.3 Å². The number of H-pyrrole nitrogens is 2. The van der Waals surface area contributed by atoms with Crippen LogP contribution in [0.2, 0.25) is 0 Å². The molecule has 0 saturated heterocycles. The summed E-state index contributed by atoms with van der Waals surface area (Å²) < 4.78 is 1.10. The number of hydrogen-bond donors (Lipinski definition) is 3. The summed E-state index contributed by atoms with van der Waals surface area (Å²) in [6, 6.07) is 16.4. The summed E-state index contributed by atoms with van der Waals surface area (Å²) in [4.78, 5) is 43.5. The van der Waals surface area contributed by atoms with Gasteiger partial charge in [-0.3, -0.25) is 19.1 Å². The van der Waals surface area contributed by atoms with Crippen LogP contribution in [0.25, 0.3) is 10.9 Å². The van der Waals surface area contributed by atoms with E-state index < -0.39 is 23.2 Å². The standard InChI is InChI=1S/C25H23N5O4/c1-2-21(31)30-20(17-13-26-18-11-7-6-10-16(17)18)12-19(28-30)22-23(32)27-25(34)29(24(22)33)14-15-8-4-3-5-9-15/h3-11,13,20,26,33H,2,12,14H2,1H3,(H,27,32,34). The van der Waals surface area contributed by atoms with Gasteiger partial charge < -0.3 is 10.1 Å². The van der Waals surface area contributed by atoms with Crippen LogP contribution in [0.5, 0.6) is 5.88 Å². The van der Waals surface area contributed by atoms with Crippen molar-refractivity contribution in [2.24, 2.45) is 5.10 Å². The van der Waals surface area contributed by atoms with Crippen molar-refractivity contribution in [1.29, 1.82) is 0 Å². The van der Waals surface area contributed by atoms with Crippen LogP contribution < -0.4 is 11.2 Å². The lowest BCUT2D eigenvalue weighted by molar-refractivity contribution is -0.132. The molecule has 0 bridgehead atoms. The number of nitrogens with one attached hydrogen (secondary N) is 2.